The molecule has 0 aromatic rings. The molecule has 0 spiro atoms. The summed E-state index contributed by atoms with van der Waals surface area (Å²) in [4.78, 5) is 10.4. The number of alkyl halides is 3. The van der Waals surface area contributed by atoms with Gasteiger partial charge in [0, 0.05) is 0 Å². The van der Waals surface area contributed by atoms with E-state index in [1.807, 2.05) is 0 Å². The summed E-state index contributed by atoms with van der Waals surface area (Å²) in [5, 5.41) is 5.12. The normalized spacial score (nSPS) is 33.1. The zero-order valence-electron chi connectivity index (χ0n) is 6.64. The summed E-state index contributed by atoms with van der Waals surface area (Å²) in [6.07, 6.45) is 0. The molecule has 1 saturated carbocycles. The van der Waals surface area contributed by atoms with E-state index in [-0.39, 0.29) is 0 Å². The van der Waals surface area contributed by atoms with Crippen molar-refractivity contribution in [1.82, 2.24) is 0 Å². The SMILES string of the molecule is CC1(C)C(C(=O)O)C1C(F)(F)Cl. The van der Waals surface area contributed by atoms with Crippen molar-refractivity contribution in [2.45, 2.75) is 19.2 Å². The van der Waals surface area contributed by atoms with Crippen LogP contribution in [0.15, 0.2) is 0 Å². The first kappa shape index (κ1) is 9.71. The van der Waals surface area contributed by atoms with Gasteiger partial charge in [-0.1, -0.05) is 13.8 Å². The topological polar surface area (TPSA) is 37.3 Å². The lowest BCUT2D eigenvalue weighted by Crippen LogP contribution is -2.14. The number of hydrogen-bond acceptors (Lipinski definition) is 1. The summed E-state index contributed by atoms with van der Waals surface area (Å²) in [5.74, 6) is -3.47. The van der Waals surface area contributed by atoms with Crippen LogP contribution in [-0.2, 0) is 4.79 Å². The van der Waals surface area contributed by atoms with Crippen molar-refractivity contribution < 1.29 is 18.7 Å². The van der Waals surface area contributed by atoms with Gasteiger partial charge in [0.15, 0.2) is 0 Å². The minimum Gasteiger partial charge on any atom is -0.481 e. The Morgan fingerprint density at radius 3 is 2.08 bits per heavy atom. The van der Waals surface area contributed by atoms with Gasteiger partial charge in [0.2, 0.25) is 0 Å². The standard InChI is InChI=1S/C7H9ClF2O2/c1-6(2)3(5(11)12)4(6)7(8,9)10/h3-4H,1-2H3,(H,11,12). The molecule has 2 atom stereocenters. The molecule has 0 heterocycles. The fraction of sp³-hybridized carbons (Fsp3) is 0.857. The van der Waals surface area contributed by atoms with Crippen LogP contribution in [0.3, 0.4) is 0 Å². The first-order valence-corrected chi connectivity index (χ1v) is 3.86. The molecule has 0 radical (unpaired) electrons. The van der Waals surface area contributed by atoms with Crippen LogP contribution in [0.1, 0.15) is 13.8 Å². The fourth-order valence-corrected chi connectivity index (χ4v) is 2.12. The van der Waals surface area contributed by atoms with Gasteiger partial charge in [-0.25, -0.2) is 0 Å². The Hall–Kier alpha value is -0.380. The van der Waals surface area contributed by atoms with Gasteiger partial charge in [0.1, 0.15) is 0 Å². The van der Waals surface area contributed by atoms with Gasteiger partial charge in [-0.05, 0) is 17.0 Å². The van der Waals surface area contributed by atoms with Gasteiger partial charge in [0.05, 0.1) is 11.8 Å². The molecular weight excluding hydrogens is 190 g/mol. The van der Waals surface area contributed by atoms with E-state index in [9.17, 15) is 13.6 Å². The molecule has 5 heteroatoms. The zero-order valence-corrected chi connectivity index (χ0v) is 7.40. The van der Waals surface area contributed by atoms with E-state index >= 15 is 0 Å². The van der Waals surface area contributed by atoms with Crippen molar-refractivity contribution in [2.24, 2.45) is 17.3 Å². The molecule has 70 valence electrons. The Kier molecular flexibility index (Phi) is 1.87. The van der Waals surface area contributed by atoms with Crippen molar-refractivity contribution in [1.29, 1.82) is 0 Å². The smallest absolute Gasteiger partial charge is 0.325 e. The maximum atomic E-state index is 12.5. The summed E-state index contributed by atoms with van der Waals surface area (Å²) in [6, 6.07) is 0. The zero-order chi connectivity index (χ0) is 9.73. The predicted octanol–water partition coefficient (Wildman–Crippen LogP) is 2.17. The maximum Gasteiger partial charge on any atom is 0.325 e. The van der Waals surface area contributed by atoms with Crippen LogP contribution in [0.5, 0.6) is 0 Å². The lowest BCUT2D eigenvalue weighted by molar-refractivity contribution is -0.140. The second-order valence-corrected chi connectivity index (χ2v) is 4.16. The van der Waals surface area contributed by atoms with Crippen LogP contribution >= 0.6 is 11.6 Å². The Morgan fingerprint density at radius 2 is 2.00 bits per heavy atom. The number of carboxylic acids is 1. The minimum absolute atomic E-state index is 0.892. The third kappa shape index (κ3) is 1.28. The second-order valence-electron chi connectivity index (χ2n) is 3.66. The van der Waals surface area contributed by atoms with E-state index in [1.54, 1.807) is 0 Å². The molecule has 0 saturated heterocycles. The van der Waals surface area contributed by atoms with Crippen molar-refractivity contribution in [3.63, 3.8) is 0 Å². The predicted molar refractivity (Wildman–Crippen MR) is 39.2 cm³/mol. The Bertz CT molecular complexity index is 222. The second kappa shape index (κ2) is 2.31. The molecule has 0 bridgehead atoms. The molecule has 1 fully saturated rings. The van der Waals surface area contributed by atoms with E-state index in [0.717, 1.165) is 0 Å². The Morgan fingerprint density at radius 1 is 1.58 bits per heavy atom. The molecule has 0 amide bonds. The number of carbonyl (C=O) groups is 1. The molecule has 1 rings (SSSR count). The van der Waals surface area contributed by atoms with E-state index in [1.165, 1.54) is 13.8 Å². The first-order chi connectivity index (χ1) is 5.19. The lowest BCUT2D eigenvalue weighted by atomic mass is 10.1. The Balaban J connectivity index is 2.80. The van der Waals surface area contributed by atoms with Crippen molar-refractivity contribution in [3.05, 3.63) is 0 Å². The molecule has 1 N–H and O–H groups in total. The summed E-state index contributed by atoms with van der Waals surface area (Å²) in [6.45, 7) is 2.96. The van der Waals surface area contributed by atoms with E-state index in [2.05, 4.69) is 0 Å². The summed E-state index contributed by atoms with van der Waals surface area (Å²) in [7, 11) is 0. The molecule has 0 aromatic carbocycles. The van der Waals surface area contributed by atoms with Gasteiger partial charge < -0.3 is 5.11 Å². The average molecular weight is 199 g/mol. The Labute approximate surface area is 73.5 Å². The number of hydrogen-bond donors (Lipinski definition) is 1. The van der Waals surface area contributed by atoms with Crippen LogP contribution in [-0.4, -0.2) is 16.5 Å². The molecule has 2 nitrogen and oxygen atoms in total. The third-order valence-corrected chi connectivity index (χ3v) is 2.68. The molecule has 1 aliphatic rings. The van der Waals surface area contributed by atoms with Crippen LogP contribution in [0.2, 0.25) is 0 Å². The van der Waals surface area contributed by atoms with Crippen molar-refractivity contribution >= 4 is 17.6 Å². The van der Waals surface area contributed by atoms with E-state index in [0.29, 0.717) is 0 Å². The van der Waals surface area contributed by atoms with Gasteiger partial charge in [-0.2, -0.15) is 8.78 Å². The molecule has 1 aliphatic carbocycles. The largest absolute Gasteiger partial charge is 0.481 e. The maximum absolute atomic E-state index is 12.5. The summed E-state index contributed by atoms with van der Waals surface area (Å²) < 4.78 is 25.0. The van der Waals surface area contributed by atoms with E-state index in [4.69, 9.17) is 16.7 Å². The molecular formula is C7H9ClF2O2. The van der Waals surface area contributed by atoms with E-state index < -0.39 is 28.6 Å². The first-order valence-electron chi connectivity index (χ1n) is 3.48. The number of halogens is 3. The lowest BCUT2D eigenvalue weighted by Gasteiger charge is -2.07. The third-order valence-electron chi connectivity index (χ3n) is 2.45. The number of carboxylic acid groups (broad SMARTS) is 1. The minimum atomic E-state index is -3.41. The number of aliphatic carboxylic acids is 1. The van der Waals surface area contributed by atoms with Crippen molar-refractivity contribution in [2.75, 3.05) is 0 Å². The number of rotatable bonds is 2. The molecule has 12 heavy (non-hydrogen) atoms. The summed E-state index contributed by atoms with van der Waals surface area (Å²) >= 11 is 4.76. The molecule has 0 aliphatic heterocycles. The quantitative estimate of drug-likeness (QED) is 0.691. The fourth-order valence-electron chi connectivity index (χ4n) is 1.71. The molecule has 2 unspecified atom stereocenters. The van der Waals surface area contributed by atoms with Gasteiger partial charge >= 0.3 is 11.4 Å². The summed E-state index contributed by atoms with van der Waals surface area (Å²) in [5.41, 5.74) is -0.892. The highest BCUT2D eigenvalue weighted by Gasteiger charge is 2.71. The van der Waals surface area contributed by atoms with Crippen LogP contribution in [0.4, 0.5) is 8.78 Å². The van der Waals surface area contributed by atoms with Crippen LogP contribution < -0.4 is 0 Å². The highest BCUT2D eigenvalue weighted by Crippen LogP contribution is 2.65. The van der Waals surface area contributed by atoms with Crippen molar-refractivity contribution in [3.8, 4) is 0 Å². The monoisotopic (exact) mass is 198 g/mol. The average Bonchev–Trinajstić information content (AvgIpc) is 2.31. The highest BCUT2D eigenvalue weighted by molar-refractivity contribution is 6.22. The van der Waals surface area contributed by atoms with Gasteiger partial charge in [-0.3, -0.25) is 4.79 Å². The highest BCUT2D eigenvalue weighted by atomic mass is 35.5. The van der Waals surface area contributed by atoms with Crippen LogP contribution in [0, 0.1) is 17.3 Å². The van der Waals surface area contributed by atoms with Gasteiger partial charge in [0.25, 0.3) is 0 Å². The molecule has 0 aromatic heterocycles. The van der Waals surface area contributed by atoms with Gasteiger partial charge in [-0.15, -0.1) is 0 Å². The van der Waals surface area contributed by atoms with Crippen LogP contribution in [0.25, 0.3) is 0 Å².